The van der Waals surface area contributed by atoms with Gasteiger partial charge in [-0.3, -0.25) is 0 Å². The summed E-state index contributed by atoms with van der Waals surface area (Å²) in [5, 5.41) is 8.36. The van der Waals surface area contributed by atoms with Crippen LogP contribution in [0.15, 0.2) is 47.5 Å². The summed E-state index contributed by atoms with van der Waals surface area (Å²) in [6.07, 6.45) is 5.20. The monoisotopic (exact) mass is 273 g/mol. The largest absolute Gasteiger partial charge is 0.478 e. The molecule has 1 N–H and O–H groups in total. The Morgan fingerprint density at radius 1 is 1.40 bits per heavy atom. The number of hydrogen-bond donors (Lipinski definition) is 1. The van der Waals surface area contributed by atoms with Gasteiger partial charge in [-0.1, -0.05) is 48.6 Å². The number of carboxylic acids is 1. The lowest BCUT2D eigenvalue weighted by Crippen LogP contribution is -1.95. The average molecular weight is 273 g/mol. The highest BCUT2D eigenvalue weighted by molar-refractivity contribution is 5.85. The highest BCUT2D eigenvalue weighted by Crippen LogP contribution is 2.02. The molecule has 0 amide bonds. The van der Waals surface area contributed by atoms with E-state index in [1.165, 1.54) is 30.2 Å². The number of carbonyl (C=O) groups is 1. The lowest BCUT2D eigenvalue weighted by Gasteiger charge is -1.91. The van der Waals surface area contributed by atoms with E-state index in [1.807, 2.05) is 6.08 Å². The van der Waals surface area contributed by atoms with Crippen molar-refractivity contribution in [2.75, 3.05) is 6.54 Å². The predicted molar refractivity (Wildman–Crippen MR) is 80.3 cm³/mol. The van der Waals surface area contributed by atoms with Crippen LogP contribution >= 0.6 is 0 Å². The van der Waals surface area contributed by atoms with Crippen molar-refractivity contribution in [3.05, 3.63) is 53.6 Å². The van der Waals surface area contributed by atoms with Crippen molar-refractivity contribution >= 4 is 18.1 Å². The van der Waals surface area contributed by atoms with Gasteiger partial charge < -0.3 is 5.11 Å². The quantitative estimate of drug-likeness (QED) is 0.387. The number of carbonyl (C=O) groups excluding carboxylic acids is 1. The van der Waals surface area contributed by atoms with Crippen molar-refractivity contribution < 1.29 is 14.7 Å². The standard InChI is InChI=1S/C9H10.C7H9NO3/c1-3-9-6-4-8(2)5-7-9;1-6(7(10)11)3-2-4-8-5-9/h3-7H,1H2,2H3;3H,2,4H2,1H3,(H,10,11). The molecule has 0 saturated carbocycles. The molecule has 0 atom stereocenters. The zero-order valence-electron chi connectivity index (χ0n) is 11.8. The second-order valence-corrected chi connectivity index (χ2v) is 4.07. The molecule has 20 heavy (non-hydrogen) atoms. The third kappa shape index (κ3) is 8.61. The first kappa shape index (κ1) is 17.6. The molecule has 0 fully saturated rings. The van der Waals surface area contributed by atoms with Crippen LogP contribution in [0, 0.1) is 6.92 Å². The summed E-state index contributed by atoms with van der Waals surface area (Å²) in [5.41, 5.74) is 2.74. The zero-order chi connectivity index (χ0) is 15.4. The molecule has 0 saturated heterocycles. The molecule has 0 aliphatic heterocycles. The summed E-state index contributed by atoms with van der Waals surface area (Å²) >= 11 is 0. The maximum Gasteiger partial charge on any atom is 0.330 e. The summed E-state index contributed by atoms with van der Waals surface area (Å²) in [4.78, 5) is 23.0. The van der Waals surface area contributed by atoms with Crippen molar-refractivity contribution in [2.45, 2.75) is 20.3 Å². The van der Waals surface area contributed by atoms with Crippen LogP contribution in [0.3, 0.4) is 0 Å². The molecule has 0 heterocycles. The number of rotatable bonds is 5. The van der Waals surface area contributed by atoms with Gasteiger partial charge in [-0.15, -0.1) is 0 Å². The van der Waals surface area contributed by atoms with E-state index in [-0.39, 0.29) is 5.57 Å². The lowest BCUT2D eigenvalue weighted by atomic mass is 10.2. The first-order chi connectivity index (χ1) is 9.51. The Morgan fingerprint density at radius 3 is 2.45 bits per heavy atom. The van der Waals surface area contributed by atoms with Gasteiger partial charge in [-0.25, -0.2) is 14.6 Å². The smallest absolute Gasteiger partial charge is 0.330 e. The summed E-state index contributed by atoms with van der Waals surface area (Å²) in [6, 6.07) is 8.28. The number of aryl methyl sites for hydroxylation is 1. The van der Waals surface area contributed by atoms with E-state index < -0.39 is 5.97 Å². The first-order valence-electron chi connectivity index (χ1n) is 6.14. The predicted octanol–water partition coefficient (Wildman–Crippen LogP) is 3.38. The Bertz CT molecular complexity index is 509. The van der Waals surface area contributed by atoms with Crippen LogP contribution in [-0.4, -0.2) is 23.7 Å². The Hall–Kier alpha value is -2.45. The Balaban J connectivity index is 0.000000367. The third-order valence-corrected chi connectivity index (χ3v) is 2.41. The molecule has 0 aromatic heterocycles. The van der Waals surface area contributed by atoms with Gasteiger partial charge in [0.05, 0.1) is 6.54 Å². The second-order valence-electron chi connectivity index (χ2n) is 4.07. The molecule has 0 aliphatic carbocycles. The average Bonchev–Trinajstić information content (AvgIpc) is 2.45. The molecule has 0 spiro atoms. The third-order valence-electron chi connectivity index (χ3n) is 2.41. The fourth-order valence-corrected chi connectivity index (χ4v) is 1.18. The summed E-state index contributed by atoms with van der Waals surface area (Å²) in [5.74, 6) is -0.944. The second kappa shape index (κ2) is 10.5. The van der Waals surface area contributed by atoms with E-state index in [0.717, 1.165) is 0 Å². The Morgan fingerprint density at radius 2 is 2.00 bits per heavy atom. The molecule has 106 valence electrons. The maximum absolute atomic E-state index is 10.2. The van der Waals surface area contributed by atoms with Gasteiger partial charge >= 0.3 is 5.97 Å². The zero-order valence-corrected chi connectivity index (χ0v) is 11.8. The van der Waals surface area contributed by atoms with Crippen molar-refractivity contribution in [3.8, 4) is 0 Å². The number of benzene rings is 1. The first-order valence-corrected chi connectivity index (χ1v) is 6.14. The van der Waals surface area contributed by atoms with Crippen molar-refractivity contribution in [2.24, 2.45) is 4.99 Å². The summed E-state index contributed by atoms with van der Waals surface area (Å²) in [7, 11) is 0. The van der Waals surface area contributed by atoms with Gasteiger partial charge in [0.1, 0.15) is 0 Å². The number of hydrogen-bond acceptors (Lipinski definition) is 3. The van der Waals surface area contributed by atoms with E-state index in [9.17, 15) is 9.59 Å². The number of nitrogens with zero attached hydrogens (tertiary/aromatic N) is 1. The van der Waals surface area contributed by atoms with Gasteiger partial charge in [0.25, 0.3) is 0 Å². The highest BCUT2D eigenvalue weighted by Gasteiger charge is 1.96. The van der Waals surface area contributed by atoms with Gasteiger partial charge in [0.2, 0.25) is 6.08 Å². The van der Waals surface area contributed by atoms with Crippen LogP contribution in [0.4, 0.5) is 0 Å². The Labute approximate surface area is 119 Å². The van der Waals surface area contributed by atoms with Crippen LogP contribution in [0.1, 0.15) is 24.5 Å². The van der Waals surface area contributed by atoms with Gasteiger partial charge in [0, 0.05) is 5.57 Å². The van der Waals surface area contributed by atoms with E-state index in [4.69, 9.17) is 5.11 Å². The van der Waals surface area contributed by atoms with Crippen LogP contribution in [-0.2, 0) is 9.59 Å². The SMILES string of the molecule is C=Cc1ccc(C)cc1.CC(=CCCN=C=O)C(=O)O. The summed E-state index contributed by atoms with van der Waals surface area (Å²) in [6.45, 7) is 7.53. The maximum atomic E-state index is 10.2. The van der Waals surface area contributed by atoms with Gasteiger partial charge in [-0.05, 0) is 25.8 Å². The molecule has 0 bridgehead atoms. The number of aliphatic imine (C=N–C) groups is 1. The van der Waals surface area contributed by atoms with Crippen LogP contribution in [0.5, 0.6) is 0 Å². The normalized spacial score (nSPS) is 9.80. The van der Waals surface area contributed by atoms with Crippen molar-refractivity contribution in [1.29, 1.82) is 0 Å². The topological polar surface area (TPSA) is 66.7 Å². The highest BCUT2D eigenvalue weighted by atomic mass is 16.4. The number of carboxylic acid groups (broad SMARTS) is 1. The molecule has 1 aromatic rings. The van der Waals surface area contributed by atoms with E-state index in [2.05, 4.69) is 42.8 Å². The van der Waals surface area contributed by atoms with E-state index >= 15 is 0 Å². The minimum Gasteiger partial charge on any atom is -0.478 e. The molecule has 0 aliphatic rings. The minimum atomic E-state index is -0.944. The lowest BCUT2D eigenvalue weighted by molar-refractivity contribution is -0.132. The van der Waals surface area contributed by atoms with Crippen LogP contribution in [0.2, 0.25) is 0 Å². The van der Waals surface area contributed by atoms with Crippen molar-refractivity contribution in [3.63, 3.8) is 0 Å². The van der Waals surface area contributed by atoms with Gasteiger partial charge in [-0.2, -0.15) is 0 Å². The molecule has 4 heteroatoms. The number of isocyanates is 1. The van der Waals surface area contributed by atoms with Crippen LogP contribution < -0.4 is 0 Å². The number of aliphatic carboxylic acids is 1. The summed E-state index contributed by atoms with van der Waals surface area (Å²) < 4.78 is 0. The fraction of sp³-hybridized carbons (Fsp3) is 0.250. The van der Waals surface area contributed by atoms with Gasteiger partial charge in [0.15, 0.2) is 0 Å². The van der Waals surface area contributed by atoms with Crippen molar-refractivity contribution in [1.82, 2.24) is 0 Å². The molecule has 4 nitrogen and oxygen atoms in total. The molecular formula is C16H19NO3. The molecule has 1 rings (SSSR count). The van der Waals surface area contributed by atoms with E-state index in [0.29, 0.717) is 13.0 Å². The molecule has 0 unspecified atom stereocenters. The fourth-order valence-electron chi connectivity index (χ4n) is 1.18. The van der Waals surface area contributed by atoms with E-state index in [1.54, 1.807) is 0 Å². The molecule has 0 radical (unpaired) electrons. The molecular weight excluding hydrogens is 254 g/mol. The van der Waals surface area contributed by atoms with Crippen LogP contribution in [0.25, 0.3) is 6.08 Å². The molecule has 1 aromatic carbocycles. The minimum absolute atomic E-state index is 0.270. The Kier molecular flexibility index (Phi) is 9.19.